The van der Waals surface area contributed by atoms with Crippen LogP contribution in [0.25, 0.3) is 0 Å². The second-order valence-corrected chi connectivity index (χ2v) is 12.3. The van der Waals surface area contributed by atoms with E-state index >= 15 is 0 Å². The molecule has 4 heterocycles. The molecule has 0 bridgehead atoms. The lowest BCUT2D eigenvalue weighted by Gasteiger charge is -2.43. The molecule has 0 aromatic heterocycles. The maximum absolute atomic E-state index is 10.9. The Balaban J connectivity index is 1.13. The summed E-state index contributed by atoms with van der Waals surface area (Å²) in [4.78, 5) is 0. The lowest BCUT2D eigenvalue weighted by atomic mass is 9.98. The van der Waals surface area contributed by atoms with Crippen LogP contribution in [-0.4, -0.2) is 136 Å². The molecule has 6 rings (SSSR count). The highest BCUT2D eigenvalue weighted by atomic mass is 16.7. The summed E-state index contributed by atoms with van der Waals surface area (Å²) in [5.41, 5.74) is 2.84. The fourth-order valence-electron chi connectivity index (χ4n) is 6.15. The number of hydrogen-bond donors (Lipinski definition) is 8. The monoisotopic (exact) mass is 665 g/mol. The van der Waals surface area contributed by atoms with Gasteiger partial charge < -0.3 is 74.2 Å². The first-order chi connectivity index (χ1) is 22.6. The van der Waals surface area contributed by atoms with E-state index in [9.17, 15) is 35.7 Å². The molecule has 0 radical (unpaired) electrons. The number of nitrogens with one attached hydrogen (secondary N) is 1. The summed E-state index contributed by atoms with van der Waals surface area (Å²) in [6.45, 7) is 1.95. The highest BCUT2D eigenvalue weighted by Crippen LogP contribution is 2.34. The molecule has 0 spiro atoms. The zero-order valence-electron chi connectivity index (χ0n) is 25.8. The van der Waals surface area contributed by atoms with Gasteiger partial charge in [0.25, 0.3) is 0 Å². The van der Waals surface area contributed by atoms with E-state index in [4.69, 9.17) is 33.2 Å². The minimum Gasteiger partial charge on any atom is -0.493 e. The number of rotatable bonds is 12. The van der Waals surface area contributed by atoms with Crippen molar-refractivity contribution in [1.29, 1.82) is 0 Å². The van der Waals surface area contributed by atoms with Crippen LogP contribution in [0.2, 0.25) is 0 Å². The Kier molecular flexibility index (Phi) is 10.8. The molecule has 15 nitrogen and oxygen atoms in total. The molecule has 8 N–H and O–H groups in total. The molecule has 4 aliphatic rings. The van der Waals surface area contributed by atoms with Gasteiger partial charge in [0.05, 0.1) is 25.9 Å². The quantitative estimate of drug-likeness (QED) is 0.126. The third-order valence-electron chi connectivity index (χ3n) is 8.96. The number of hydrogen-bond acceptors (Lipinski definition) is 15. The Morgan fingerprint density at radius 2 is 1.51 bits per heavy atom. The van der Waals surface area contributed by atoms with Crippen LogP contribution < -0.4 is 19.5 Å². The van der Waals surface area contributed by atoms with E-state index in [0.29, 0.717) is 24.5 Å². The zero-order valence-corrected chi connectivity index (χ0v) is 25.8. The van der Waals surface area contributed by atoms with Crippen molar-refractivity contribution in [1.82, 2.24) is 5.32 Å². The van der Waals surface area contributed by atoms with Crippen LogP contribution >= 0.6 is 0 Å². The first kappa shape index (κ1) is 34.2. The van der Waals surface area contributed by atoms with E-state index in [1.54, 1.807) is 0 Å². The highest BCUT2D eigenvalue weighted by Gasteiger charge is 2.48. The van der Waals surface area contributed by atoms with Crippen molar-refractivity contribution in [2.75, 3.05) is 33.2 Å². The zero-order chi connectivity index (χ0) is 33.2. The number of ether oxygens (including phenoxy) is 7. The normalized spacial score (nSPS) is 34.5. The van der Waals surface area contributed by atoms with Crippen LogP contribution in [-0.2, 0) is 31.8 Å². The SMILES string of the molecule is CC(Cc1ccc2c(c1)OCO2)NC[C@H](O[C@@H]1O[C@H](CO[C@@H]2O[C@H](CO)[C@@H](O)[C@H](O)[C@H]2O)[C@@H](O)[C@H](O)[C@H]1O)c1ccc2c(c1)OCC2. The molecule has 12 atom stereocenters. The predicted octanol–water partition coefficient (Wildman–Crippen LogP) is -1.75. The summed E-state index contributed by atoms with van der Waals surface area (Å²) in [5, 5.41) is 75.7. The molecule has 0 amide bonds. The molecule has 2 aromatic carbocycles. The van der Waals surface area contributed by atoms with Crippen LogP contribution in [0.1, 0.15) is 29.7 Å². The van der Waals surface area contributed by atoms with Gasteiger partial charge in [-0.3, -0.25) is 0 Å². The summed E-state index contributed by atoms with van der Waals surface area (Å²) in [5.74, 6) is 2.14. The van der Waals surface area contributed by atoms with Crippen molar-refractivity contribution in [3.05, 3.63) is 53.1 Å². The van der Waals surface area contributed by atoms with E-state index in [1.165, 1.54) is 0 Å². The van der Waals surface area contributed by atoms with Crippen molar-refractivity contribution < 1.29 is 68.9 Å². The van der Waals surface area contributed by atoms with Gasteiger partial charge in [-0.2, -0.15) is 0 Å². The minimum atomic E-state index is -1.68. The molecule has 2 fully saturated rings. The molecule has 15 heteroatoms. The first-order valence-corrected chi connectivity index (χ1v) is 15.8. The second-order valence-electron chi connectivity index (χ2n) is 12.3. The Bertz CT molecular complexity index is 1350. The average molecular weight is 666 g/mol. The largest absolute Gasteiger partial charge is 0.493 e. The van der Waals surface area contributed by atoms with E-state index < -0.39 is 80.7 Å². The van der Waals surface area contributed by atoms with Crippen LogP contribution in [0.4, 0.5) is 0 Å². The summed E-state index contributed by atoms with van der Waals surface area (Å²) in [6.07, 6.45) is -14.4. The smallest absolute Gasteiger partial charge is 0.231 e. The number of aliphatic hydroxyl groups is 7. The van der Waals surface area contributed by atoms with Gasteiger partial charge in [0, 0.05) is 19.0 Å². The Morgan fingerprint density at radius 1 is 0.787 bits per heavy atom. The van der Waals surface area contributed by atoms with Gasteiger partial charge in [-0.25, -0.2) is 0 Å². The summed E-state index contributed by atoms with van der Waals surface area (Å²) in [7, 11) is 0. The molecular formula is C32H43NO14. The van der Waals surface area contributed by atoms with E-state index in [2.05, 4.69) is 5.32 Å². The molecule has 2 aromatic rings. The fourth-order valence-corrected chi connectivity index (χ4v) is 6.15. The lowest BCUT2D eigenvalue weighted by molar-refractivity contribution is -0.336. The number of fused-ring (bicyclic) bond motifs is 2. The molecule has 0 aliphatic carbocycles. The molecule has 1 unspecified atom stereocenters. The molecule has 47 heavy (non-hydrogen) atoms. The Labute approximate surface area is 271 Å². The van der Waals surface area contributed by atoms with Gasteiger partial charge in [-0.1, -0.05) is 18.2 Å². The summed E-state index contributed by atoms with van der Waals surface area (Å²) in [6, 6.07) is 11.5. The third-order valence-corrected chi connectivity index (χ3v) is 8.96. The van der Waals surface area contributed by atoms with Crippen molar-refractivity contribution >= 4 is 0 Å². The van der Waals surface area contributed by atoms with Gasteiger partial charge in [0.1, 0.15) is 54.6 Å². The maximum atomic E-state index is 10.9. The van der Waals surface area contributed by atoms with Gasteiger partial charge in [-0.15, -0.1) is 0 Å². The topological polar surface area (TPSA) is 218 Å². The van der Waals surface area contributed by atoms with Gasteiger partial charge in [0.15, 0.2) is 24.1 Å². The molecule has 4 aliphatic heterocycles. The third kappa shape index (κ3) is 7.51. The Morgan fingerprint density at radius 3 is 2.30 bits per heavy atom. The Hall–Kier alpha value is -2.64. The predicted molar refractivity (Wildman–Crippen MR) is 160 cm³/mol. The number of aliphatic hydroxyl groups excluding tert-OH is 7. The summed E-state index contributed by atoms with van der Waals surface area (Å²) < 4.78 is 39.8. The van der Waals surface area contributed by atoms with Crippen LogP contribution in [0.15, 0.2) is 36.4 Å². The average Bonchev–Trinajstić information content (AvgIpc) is 3.75. The summed E-state index contributed by atoms with van der Waals surface area (Å²) >= 11 is 0. The van der Waals surface area contributed by atoms with E-state index in [-0.39, 0.29) is 19.4 Å². The van der Waals surface area contributed by atoms with E-state index in [1.807, 2.05) is 43.3 Å². The van der Waals surface area contributed by atoms with Crippen molar-refractivity contribution in [2.45, 2.75) is 93.3 Å². The van der Waals surface area contributed by atoms with Crippen molar-refractivity contribution in [2.24, 2.45) is 0 Å². The molecule has 0 saturated carbocycles. The van der Waals surface area contributed by atoms with E-state index in [0.717, 1.165) is 28.9 Å². The standard InChI is InChI=1S/C32H43NO14/c1-15(8-16-2-5-19-21(9-16)44-14-43-19)33-11-22(18-4-3-17-6-7-41-20(17)10-18)45-32-30(40)28(38)26(36)24(47-32)13-42-31-29(39)27(37)25(35)23(12-34)46-31/h2-5,9-10,15,22-40H,6-8,11-14H2,1H3/t15?,22-,23+,24+,25+,26+,27-,28-,29+,30+,31+,32+/m0/s1. The van der Waals surface area contributed by atoms with Crippen molar-refractivity contribution in [3.8, 4) is 17.2 Å². The fraction of sp³-hybridized carbons (Fsp3) is 0.625. The second kappa shape index (κ2) is 14.9. The molecule has 2 saturated heterocycles. The van der Waals surface area contributed by atoms with Gasteiger partial charge >= 0.3 is 0 Å². The van der Waals surface area contributed by atoms with Gasteiger partial charge in [0.2, 0.25) is 6.79 Å². The van der Waals surface area contributed by atoms with Crippen molar-refractivity contribution in [3.63, 3.8) is 0 Å². The van der Waals surface area contributed by atoms with Gasteiger partial charge in [-0.05, 0) is 48.2 Å². The number of benzene rings is 2. The van der Waals surface area contributed by atoms with Crippen LogP contribution in [0, 0.1) is 0 Å². The minimum absolute atomic E-state index is 0.0172. The molecular weight excluding hydrogens is 622 g/mol. The molecule has 260 valence electrons. The maximum Gasteiger partial charge on any atom is 0.231 e. The van der Waals surface area contributed by atoms with Crippen LogP contribution in [0.5, 0.6) is 17.2 Å². The lowest BCUT2D eigenvalue weighted by Crippen LogP contribution is -2.62. The first-order valence-electron chi connectivity index (χ1n) is 15.8. The highest BCUT2D eigenvalue weighted by molar-refractivity contribution is 5.44. The van der Waals surface area contributed by atoms with Crippen LogP contribution in [0.3, 0.4) is 0 Å².